The predicted molar refractivity (Wildman–Crippen MR) is 44.8 cm³/mol. The summed E-state index contributed by atoms with van der Waals surface area (Å²) in [7, 11) is -3.52. The summed E-state index contributed by atoms with van der Waals surface area (Å²) in [6, 6.07) is 0. The van der Waals surface area contributed by atoms with Gasteiger partial charge >= 0.3 is 39.9 Å². The third-order valence-corrected chi connectivity index (χ3v) is 1.80. The van der Waals surface area contributed by atoms with Crippen molar-refractivity contribution in [3.05, 3.63) is 0 Å². The van der Waals surface area contributed by atoms with Gasteiger partial charge in [0.25, 0.3) is 0 Å². The molecule has 0 aliphatic carbocycles. The molecule has 0 heterocycles. The molecule has 0 aliphatic rings. The third-order valence-electron chi connectivity index (χ3n) is 0.696. The number of hydrogen-bond donors (Lipinski definition) is 2. The van der Waals surface area contributed by atoms with E-state index in [1.807, 2.05) is 0 Å². The Morgan fingerprint density at radius 3 is 2.45 bits per heavy atom. The van der Waals surface area contributed by atoms with Crippen molar-refractivity contribution in [1.82, 2.24) is 4.72 Å². The second-order valence-corrected chi connectivity index (χ2v) is 2.98. The zero-order valence-corrected chi connectivity index (χ0v) is 6.65. The van der Waals surface area contributed by atoms with Crippen LogP contribution in [0, 0.1) is 0 Å². The molecule has 0 unspecified atom stereocenters. The first-order valence-electron chi connectivity index (χ1n) is 2.96. The van der Waals surface area contributed by atoms with E-state index in [2.05, 4.69) is 8.91 Å². The summed E-state index contributed by atoms with van der Waals surface area (Å²) in [6.07, 6.45) is 0. The normalized spacial score (nSPS) is 10.7. The van der Waals surface area contributed by atoms with Gasteiger partial charge in [-0.05, 0) is 6.92 Å². The number of nitrogens with two attached hydrogens (primary N) is 1. The van der Waals surface area contributed by atoms with Crippen molar-refractivity contribution < 1.29 is 12.6 Å². The first-order chi connectivity index (χ1) is 4.62. The molecule has 0 radical (unpaired) electrons. The zero-order chi connectivity index (χ0) is 8.04. The van der Waals surface area contributed by atoms with Gasteiger partial charge in [0.05, 0.1) is 6.61 Å². The van der Waals surface area contributed by atoms with Crippen LogP contribution in [0.3, 0.4) is 0 Å². The third kappa shape index (κ3) is 8.74. The predicted octanol–water partition coefficient (Wildman–Crippen LogP) is -1.83. The van der Waals surface area contributed by atoms with E-state index in [1.165, 1.54) is 0 Å². The van der Waals surface area contributed by atoms with E-state index in [1.54, 1.807) is 6.92 Å². The minimum absolute atomic E-state index is 0. The molecule has 0 saturated heterocycles. The quantitative estimate of drug-likeness (QED) is 0.502. The Balaban J connectivity index is 0. The van der Waals surface area contributed by atoms with E-state index < -0.39 is 10.3 Å². The van der Waals surface area contributed by atoms with Crippen LogP contribution in [0.1, 0.15) is 6.92 Å². The molecule has 3 N–H and O–H groups in total. The van der Waals surface area contributed by atoms with Crippen molar-refractivity contribution in [3.8, 4) is 0 Å². The molecule has 7 heteroatoms. The van der Waals surface area contributed by atoms with Gasteiger partial charge in [0.2, 0.25) is 0 Å². The Labute approximate surface area is 89.2 Å². The first-order valence-corrected chi connectivity index (χ1v) is 4.37. The van der Waals surface area contributed by atoms with E-state index in [0.717, 1.165) is 0 Å². The average Bonchev–Trinajstić information content (AvgIpc) is 1.84. The van der Waals surface area contributed by atoms with E-state index in [-0.39, 0.29) is 49.3 Å². The maximum absolute atomic E-state index is 10.6. The SMILES string of the molecule is CCOS(=O)(=O)NCCN.[NaH]. The molecule has 0 aromatic carbocycles. The molecule has 0 spiro atoms. The van der Waals surface area contributed by atoms with E-state index in [4.69, 9.17) is 5.73 Å². The summed E-state index contributed by atoms with van der Waals surface area (Å²) < 4.78 is 27.7. The minimum atomic E-state index is -3.52. The van der Waals surface area contributed by atoms with Gasteiger partial charge in [-0.1, -0.05) is 0 Å². The van der Waals surface area contributed by atoms with Gasteiger partial charge in [0.1, 0.15) is 0 Å². The van der Waals surface area contributed by atoms with Gasteiger partial charge in [-0.3, -0.25) is 4.18 Å². The molecule has 0 aliphatic heterocycles. The van der Waals surface area contributed by atoms with Crippen LogP contribution in [0.2, 0.25) is 0 Å². The van der Waals surface area contributed by atoms with Gasteiger partial charge in [-0.15, -0.1) is 0 Å². The number of nitrogens with one attached hydrogen (secondary N) is 1. The van der Waals surface area contributed by atoms with Crippen molar-refractivity contribution in [1.29, 1.82) is 0 Å². The molecule has 0 bridgehead atoms. The standard InChI is InChI=1S/C4H12N2O3S.Na.H/c1-2-9-10(7,8)6-4-3-5;;/h6H,2-5H2,1H3;;. The second-order valence-electron chi connectivity index (χ2n) is 1.54. The molecular formula is C4H13N2NaO3S. The first kappa shape index (κ1) is 14.4. The molecular weight excluding hydrogens is 179 g/mol. The zero-order valence-electron chi connectivity index (χ0n) is 5.83. The molecule has 0 aromatic rings. The van der Waals surface area contributed by atoms with E-state index in [9.17, 15) is 8.42 Å². The average molecular weight is 192 g/mol. The van der Waals surface area contributed by atoms with Crippen LogP contribution < -0.4 is 10.5 Å². The van der Waals surface area contributed by atoms with Crippen LogP contribution >= 0.6 is 0 Å². The van der Waals surface area contributed by atoms with Gasteiger partial charge < -0.3 is 5.73 Å². The fourth-order valence-electron chi connectivity index (χ4n) is 0.381. The van der Waals surface area contributed by atoms with Gasteiger partial charge in [-0.2, -0.15) is 13.1 Å². The number of hydrogen-bond acceptors (Lipinski definition) is 4. The Kier molecular flexibility index (Phi) is 9.76. The number of rotatable bonds is 5. The molecule has 0 atom stereocenters. The molecule has 64 valence electrons. The van der Waals surface area contributed by atoms with Crippen LogP contribution in [0.4, 0.5) is 0 Å². The molecule has 0 fully saturated rings. The molecule has 0 amide bonds. The van der Waals surface area contributed by atoms with Gasteiger partial charge in [-0.25, -0.2) is 0 Å². The van der Waals surface area contributed by atoms with E-state index >= 15 is 0 Å². The van der Waals surface area contributed by atoms with Crippen LogP contribution in [-0.4, -0.2) is 57.7 Å². The van der Waals surface area contributed by atoms with Crippen molar-refractivity contribution in [2.45, 2.75) is 6.92 Å². The second kappa shape index (κ2) is 7.48. The van der Waals surface area contributed by atoms with Gasteiger partial charge in [0, 0.05) is 13.1 Å². The molecule has 5 nitrogen and oxygen atoms in total. The van der Waals surface area contributed by atoms with Crippen LogP contribution in [0.25, 0.3) is 0 Å². The molecule has 0 saturated carbocycles. The van der Waals surface area contributed by atoms with Gasteiger partial charge in [0.15, 0.2) is 0 Å². The topological polar surface area (TPSA) is 81.4 Å². The summed E-state index contributed by atoms with van der Waals surface area (Å²) in [6.45, 7) is 2.22. The summed E-state index contributed by atoms with van der Waals surface area (Å²) in [5.41, 5.74) is 5.05. The summed E-state index contributed by atoms with van der Waals surface area (Å²) in [5.74, 6) is 0. The maximum atomic E-state index is 10.6. The fourth-order valence-corrected chi connectivity index (χ4v) is 1.14. The fraction of sp³-hybridized carbons (Fsp3) is 1.00. The Morgan fingerprint density at radius 2 is 2.09 bits per heavy atom. The van der Waals surface area contributed by atoms with Crippen molar-refractivity contribution >= 4 is 39.9 Å². The summed E-state index contributed by atoms with van der Waals surface area (Å²) in [4.78, 5) is 0. The molecule has 0 aromatic heterocycles. The van der Waals surface area contributed by atoms with Crippen LogP contribution in [0.5, 0.6) is 0 Å². The van der Waals surface area contributed by atoms with Crippen molar-refractivity contribution in [2.24, 2.45) is 5.73 Å². The Morgan fingerprint density at radius 1 is 1.55 bits per heavy atom. The van der Waals surface area contributed by atoms with Crippen LogP contribution in [0.15, 0.2) is 0 Å². The Hall–Kier alpha value is 0.830. The molecule has 0 rings (SSSR count). The monoisotopic (exact) mass is 192 g/mol. The Bertz CT molecular complexity index is 170. The van der Waals surface area contributed by atoms with Crippen molar-refractivity contribution in [3.63, 3.8) is 0 Å². The summed E-state index contributed by atoms with van der Waals surface area (Å²) >= 11 is 0. The van der Waals surface area contributed by atoms with Crippen molar-refractivity contribution in [2.75, 3.05) is 19.7 Å². The summed E-state index contributed by atoms with van der Waals surface area (Å²) in [5, 5.41) is 0. The van der Waals surface area contributed by atoms with Crippen LogP contribution in [-0.2, 0) is 14.5 Å². The van der Waals surface area contributed by atoms with E-state index in [0.29, 0.717) is 0 Å². The molecule has 11 heavy (non-hydrogen) atoms.